The minimum absolute atomic E-state index is 0.0561. The van der Waals surface area contributed by atoms with Crippen LogP contribution in [0.25, 0.3) is 5.69 Å². The summed E-state index contributed by atoms with van der Waals surface area (Å²) in [6.45, 7) is 7.89. The van der Waals surface area contributed by atoms with Crippen LogP contribution in [-0.4, -0.2) is 43.8 Å². The first kappa shape index (κ1) is 22.5. The number of amides is 1. The van der Waals surface area contributed by atoms with E-state index in [9.17, 15) is 9.59 Å². The van der Waals surface area contributed by atoms with Crippen LogP contribution in [0.1, 0.15) is 38.1 Å². The number of hydrogen-bond acceptors (Lipinski definition) is 7. The zero-order valence-electron chi connectivity index (χ0n) is 17.9. The molecule has 1 N–H and O–H groups in total. The molecular formula is C22H25N5O3S. The van der Waals surface area contributed by atoms with Crippen molar-refractivity contribution in [3.05, 3.63) is 54.1 Å². The van der Waals surface area contributed by atoms with Crippen LogP contribution in [0.4, 0.5) is 5.69 Å². The fourth-order valence-corrected chi connectivity index (χ4v) is 3.64. The van der Waals surface area contributed by atoms with Crippen molar-refractivity contribution in [2.45, 2.75) is 38.1 Å². The molecule has 0 saturated carbocycles. The largest absolute Gasteiger partial charge is 0.492 e. The molecular weight excluding hydrogens is 414 g/mol. The van der Waals surface area contributed by atoms with Crippen molar-refractivity contribution in [1.82, 2.24) is 20.2 Å². The summed E-state index contributed by atoms with van der Waals surface area (Å²) in [4.78, 5) is 24.7. The third-order valence-electron chi connectivity index (χ3n) is 4.45. The van der Waals surface area contributed by atoms with Gasteiger partial charge in [0.15, 0.2) is 5.78 Å². The van der Waals surface area contributed by atoms with Crippen molar-refractivity contribution < 1.29 is 14.3 Å². The van der Waals surface area contributed by atoms with Crippen molar-refractivity contribution in [3.8, 4) is 11.4 Å². The summed E-state index contributed by atoms with van der Waals surface area (Å²) in [5.41, 5.74) is 1.92. The van der Waals surface area contributed by atoms with Crippen molar-refractivity contribution in [2.24, 2.45) is 5.92 Å². The summed E-state index contributed by atoms with van der Waals surface area (Å²) >= 11 is 1.27. The van der Waals surface area contributed by atoms with Crippen molar-refractivity contribution in [2.75, 3.05) is 11.9 Å². The quantitative estimate of drug-likeness (QED) is 0.397. The molecule has 1 amide bonds. The maximum atomic E-state index is 12.9. The van der Waals surface area contributed by atoms with Gasteiger partial charge in [-0.05, 0) is 60.7 Å². The second kappa shape index (κ2) is 10.2. The molecule has 1 aromatic heterocycles. The molecule has 1 heterocycles. The Balaban J connectivity index is 1.73. The number of nitrogens with zero attached hydrogens (tertiary/aromatic N) is 4. The van der Waals surface area contributed by atoms with E-state index < -0.39 is 5.25 Å². The number of benzene rings is 2. The van der Waals surface area contributed by atoms with Crippen LogP contribution in [-0.2, 0) is 4.79 Å². The number of thioether (sulfide) groups is 1. The van der Waals surface area contributed by atoms with Gasteiger partial charge < -0.3 is 10.1 Å². The lowest BCUT2D eigenvalue weighted by Crippen LogP contribution is -2.18. The molecule has 1 unspecified atom stereocenters. The second-order valence-corrected chi connectivity index (χ2v) is 8.43. The van der Waals surface area contributed by atoms with Crippen LogP contribution in [0.3, 0.4) is 0 Å². The van der Waals surface area contributed by atoms with Crippen molar-refractivity contribution >= 4 is 29.1 Å². The lowest BCUT2D eigenvalue weighted by molar-refractivity contribution is -0.118. The molecule has 9 heteroatoms. The highest BCUT2D eigenvalue weighted by Gasteiger charge is 2.22. The Kier molecular flexibility index (Phi) is 7.41. The number of rotatable bonds is 9. The Labute approximate surface area is 185 Å². The van der Waals surface area contributed by atoms with E-state index in [1.54, 1.807) is 28.9 Å². The topological polar surface area (TPSA) is 99.0 Å². The fourth-order valence-electron chi connectivity index (χ4n) is 2.76. The van der Waals surface area contributed by atoms with Gasteiger partial charge in [0.2, 0.25) is 11.1 Å². The summed E-state index contributed by atoms with van der Waals surface area (Å²) in [5.74, 6) is 0.426. The molecule has 8 nitrogen and oxygen atoms in total. The summed E-state index contributed by atoms with van der Waals surface area (Å²) in [7, 11) is 0. The Hall–Kier alpha value is -3.20. The molecule has 3 aromatic rings. The van der Waals surface area contributed by atoms with Crippen LogP contribution < -0.4 is 10.1 Å². The van der Waals surface area contributed by atoms with E-state index in [1.165, 1.54) is 11.8 Å². The first-order valence-electron chi connectivity index (χ1n) is 10.0. The summed E-state index contributed by atoms with van der Waals surface area (Å²) in [5, 5.41) is 14.8. The fraction of sp³-hybridized carbons (Fsp3) is 0.318. The second-order valence-electron chi connectivity index (χ2n) is 7.12. The van der Waals surface area contributed by atoms with E-state index in [2.05, 4.69) is 20.8 Å². The number of ether oxygens (including phenoxy) is 1. The molecule has 0 radical (unpaired) electrons. The molecule has 0 aliphatic rings. The average molecular weight is 440 g/mol. The summed E-state index contributed by atoms with van der Waals surface area (Å²) < 4.78 is 7.24. The van der Waals surface area contributed by atoms with E-state index in [4.69, 9.17) is 4.74 Å². The van der Waals surface area contributed by atoms with Gasteiger partial charge in [0.1, 0.15) is 11.4 Å². The molecule has 0 bridgehead atoms. The van der Waals surface area contributed by atoms with Crippen molar-refractivity contribution in [3.63, 3.8) is 0 Å². The molecule has 0 aliphatic carbocycles. The predicted molar refractivity (Wildman–Crippen MR) is 120 cm³/mol. The molecule has 0 saturated heterocycles. The van der Waals surface area contributed by atoms with Gasteiger partial charge in [-0.25, -0.2) is 0 Å². The van der Waals surface area contributed by atoms with E-state index >= 15 is 0 Å². The molecule has 0 fully saturated rings. The zero-order chi connectivity index (χ0) is 22.4. The van der Waals surface area contributed by atoms with Gasteiger partial charge in [-0.1, -0.05) is 37.7 Å². The van der Waals surface area contributed by atoms with Crippen LogP contribution in [0.5, 0.6) is 5.75 Å². The van der Waals surface area contributed by atoms with Crippen LogP contribution in [0, 0.1) is 5.92 Å². The lowest BCUT2D eigenvalue weighted by Gasteiger charge is -2.13. The number of nitrogens with one attached hydrogen (secondary N) is 1. The highest BCUT2D eigenvalue weighted by Crippen LogP contribution is 2.29. The number of para-hydroxylation sites is 2. The first-order chi connectivity index (χ1) is 14.9. The van der Waals surface area contributed by atoms with Gasteiger partial charge in [0, 0.05) is 17.2 Å². The number of carbonyl (C=O) groups excluding carboxylic acids is 2. The summed E-state index contributed by atoms with van der Waals surface area (Å²) in [6.07, 6.45) is 0. The standard InChI is InChI=1S/C22H25N5O3S/c1-5-30-19-9-7-6-8-18(19)27-22(24-25-26-27)31-15(4)20(28)16-10-12-17(13-11-16)23-21(29)14(2)3/h6-15H,5H2,1-4H3,(H,23,29). The molecule has 0 aliphatic heterocycles. The van der Waals surface area contributed by atoms with Crippen LogP contribution in [0.2, 0.25) is 0 Å². The van der Waals surface area contributed by atoms with Crippen LogP contribution >= 0.6 is 11.8 Å². The van der Waals surface area contributed by atoms with Crippen molar-refractivity contribution in [1.29, 1.82) is 0 Å². The smallest absolute Gasteiger partial charge is 0.226 e. The van der Waals surface area contributed by atoms with E-state index in [1.807, 2.05) is 52.0 Å². The van der Waals surface area contributed by atoms with Gasteiger partial charge >= 0.3 is 0 Å². The molecule has 0 spiro atoms. The molecule has 162 valence electrons. The Morgan fingerprint density at radius 1 is 1.10 bits per heavy atom. The monoisotopic (exact) mass is 439 g/mol. The number of anilines is 1. The Bertz CT molecular complexity index is 1050. The average Bonchev–Trinajstić information content (AvgIpc) is 3.22. The highest BCUT2D eigenvalue weighted by molar-refractivity contribution is 8.00. The first-order valence-corrected chi connectivity index (χ1v) is 10.9. The number of aromatic nitrogens is 4. The SMILES string of the molecule is CCOc1ccccc1-n1nnnc1SC(C)C(=O)c1ccc(NC(=O)C(C)C)cc1. The number of hydrogen-bond donors (Lipinski definition) is 1. The number of ketones is 1. The third kappa shape index (κ3) is 5.49. The van der Waals surface area contributed by atoms with E-state index in [0.717, 1.165) is 0 Å². The van der Waals surface area contributed by atoms with Crippen LogP contribution in [0.15, 0.2) is 53.7 Å². The minimum atomic E-state index is -0.417. The normalized spacial score (nSPS) is 11.9. The van der Waals surface area contributed by atoms with Gasteiger partial charge in [0.05, 0.1) is 11.9 Å². The van der Waals surface area contributed by atoms with Gasteiger partial charge in [-0.3, -0.25) is 9.59 Å². The number of tetrazole rings is 1. The Morgan fingerprint density at radius 3 is 2.48 bits per heavy atom. The maximum absolute atomic E-state index is 12.9. The summed E-state index contributed by atoms with van der Waals surface area (Å²) in [6, 6.07) is 14.4. The molecule has 3 rings (SSSR count). The van der Waals surface area contributed by atoms with Gasteiger partial charge in [-0.2, -0.15) is 4.68 Å². The molecule has 1 atom stereocenters. The Morgan fingerprint density at radius 2 is 1.81 bits per heavy atom. The number of Topliss-reactive ketones (excluding diaryl/α,β-unsaturated/α-hetero) is 1. The van der Waals surface area contributed by atoms with Gasteiger partial charge in [0.25, 0.3) is 0 Å². The minimum Gasteiger partial charge on any atom is -0.492 e. The highest BCUT2D eigenvalue weighted by atomic mass is 32.2. The molecule has 2 aromatic carbocycles. The van der Waals surface area contributed by atoms with E-state index in [-0.39, 0.29) is 17.6 Å². The lowest BCUT2D eigenvalue weighted by atomic mass is 10.1. The number of carbonyl (C=O) groups is 2. The van der Waals surface area contributed by atoms with Gasteiger partial charge in [-0.15, -0.1) is 5.10 Å². The molecule has 31 heavy (non-hydrogen) atoms. The predicted octanol–water partition coefficient (Wildman–Crippen LogP) is 4.02. The van der Waals surface area contributed by atoms with E-state index in [0.29, 0.717) is 34.5 Å². The third-order valence-corrected chi connectivity index (χ3v) is 5.48. The maximum Gasteiger partial charge on any atom is 0.226 e. The zero-order valence-corrected chi connectivity index (χ0v) is 18.7.